The van der Waals surface area contributed by atoms with E-state index in [1.54, 1.807) is 0 Å². The summed E-state index contributed by atoms with van der Waals surface area (Å²) < 4.78 is 0. The van der Waals surface area contributed by atoms with Gasteiger partial charge in [0.1, 0.15) is 0 Å². The summed E-state index contributed by atoms with van der Waals surface area (Å²) in [6.45, 7) is 11.1. The van der Waals surface area contributed by atoms with Gasteiger partial charge in [-0.25, -0.2) is 0 Å². The first-order valence-corrected chi connectivity index (χ1v) is 6.71. The molecule has 2 rings (SSSR count). The molecule has 18 heavy (non-hydrogen) atoms. The van der Waals surface area contributed by atoms with E-state index in [9.17, 15) is 0 Å². The maximum atomic E-state index is 2.26. The molecule has 0 amide bonds. The van der Waals surface area contributed by atoms with Crippen LogP contribution in [-0.4, -0.2) is 6.91 Å². The topological polar surface area (TPSA) is 0 Å². The van der Waals surface area contributed by atoms with Crippen molar-refractivity contribution in [2.45, 2.75) is 40.0 Å². The number of rotatable bonds is 3. The van der Waals surface area contributed by atoms with Crippen molar-refractivity contribution in [3.8, 4) is 0 Å². The molecule has 0 nitrogen and oxygen atoms in total. The summed E-state index contributed by atoms with van der Waals surface area (Å²) in [7, 11) is 0. The van der Waals surface area contributed by atoms with Gasteiger partial charge in [0.15, 0.2) is 0 Å². The van der Waals surface area contributed by atoms with Crippen molar-refractivity contribution < 1.29 is 0 Å². The minimum atomic E-state index is 0.611. The van der Waals surface area contributed by atoms with Gasteiger partial charge < -0.3 is 0 Å². The quantitative estimate of drug-likeness (QED) is 0.742. The van der Waals surface area contributed by atoms with Crippen LogP contribution < -0.4 is 0 Å². The van der Waals surface area contributed by atoms with Gasteiger partial charge in [-0.2, -0.15) is 0 Å². The second kappa shape index (κ2) is 5.52. The molecule has 92 valence electrons. The molecule has 0 saturated carbocycles. The molecule has 0 atom stereocenters. The van der Waals surface area contributed by atoms with E-state index >= 15 is 0 Å². The molecule has 0 spiro atoms. The molecule has 0 aliphatic heterocycles. The van der Waals surface area contributed by atoms with E-state index in [4.69, 9.17) is 0 Å². The van der Waals surface area contributed by atoms with Gasteiger partial charge in [-0.3, -0.25) is 0 Å². The Labute approximate surface area is 111 Å². The van der Waals surface area contributed by atoms with Crippen LogP contribution in [0, 0.1) is 13.8 Å². The maximum absolute atomic E-state index is 2.26. The van der Waals surface area contributed by atoms with Crippen LogP contribution in [-0.2, 0) is 6.42 Å². The minimum absolute atomic E-state index is 0.611. The number of aryl methyl sites for hydroxylation is 2. The Bertz CT molecular complexity index is 524. The van der Waals surface area contributed by atoms with E-state index in [1.807, 2.05) is 0 Å². The molecule has 1 heteroatoms. The van der Waals surface area contributed by atoms with Crippen molar-refractivity contribution >= 4 is 6.91 Å². The van der Waals surface area contributed by atoms with E-state index in [0.717, 1.165) is 6.42 Å². The van der Waals surface area contributed by atoms with E-state index in [1.165, 1.54) is 27.7 Å². The van der Waals surface area contributed by atoms with E-state index in [0.29, 0.717) is 5.92 Å². The predicted molar refractivity (Wildman–Crippen MR) is 80.6 cm³/mol. The van der Waals surface area contributed by atoms with Gasteiger partial charge in [-0.1, -0.05) is 0 Å². The number of benzene rings is 1. The van der Waals surface area contributed by atoms with Crippen LogP contribution in [0.1, 0.15) is 47.5 Å². The Morgan fingerprint density at radius 3 is 2.39 bits per heavy atom. The normalized spacial score (nSPS) is 10.7. The van der Waals surface area contributed by atoms with Crippen molar-refractivity contribution in [2.75, 3.05) is 0 Å². The first kappa shape index (κ1) is 13.1. The summed E-state index contributed by atoms with van der Waals surface area (Å²) in [4.78, 5) is 0. The fourth-order valence-electron chi connectivity index (χ4n) is 2.28. The fourth-order valence-corrected chi connectivity index (χ4v) is 2.28. The SMILES string of the molecule is Cc1ccc(Cc2bcc(C(C)C)cc2)c(C)c1. The van der Waals surface area contributed by atoms with Crippen LogP contribution in [0.5, 0.6) is 0 Å². The second-order valence-electron chi connectivity index (χ2n) is 5.50. The van der Waals surface area contributed by atoms with Crippen molar-refractivity contribution in [3.05, 3.63) is 64.0 Å². The monoisotopic (exact) mass is 236 g/mol. The molecule has 0 aliphatic carbocycles. The zero-order chi connectivity index (χ0) is 13.1. The Morgan fingerprint density at radius 1 is 1.06 bits per heavy atom. The van der Waals surface area contributed by atoms with Crippen molar-refractivity contribution in [1.82, 2.24) is 0 Å². The first-order valence-electron chi connectivity index (χ1n) is 6.71. The molecule has 0 bridgehead atoms. The third-order valence-corrected chi connectivity index (χ3v) is 3.54. The molecule has 1 heterocycles. The average Bonchev–Trinajstić information content (AvgIpc) is 2.33. The van der Waals surface area contributed by atoms with Crippen LogP contribution >= 0.6 is 0 Å². The zero-order valence-electron chi connectivity index (χ0n) is 11.8. The molecule has 0 radical (unpaired) electrons. The third kappa shape index (κ3) is 3.10. The molecule has 0 unspecified atom stereocenters. The van der Waals surface area contributed by atoms with Crippen LogP contribution in [0.4, 0.5) is 0 Å². The molecule has 0 saturated heterocycles. The van der Waals surface area contributed by atoms with Gasteiger partial charge in [0, 0.05) is 0 Å². The Hall–Kier alpha value is -1.37. The number of hydrogen-bond acceptors (Lipinski definition) is 0. The van der Waals surface area contributed by atoms with E-state index in [-0.39, 0.29) is 0 Å². The van der Waals surface area contributed by atoms with E-state index < -0.39 is 0 Å². The van der Waals surface area contributed by atoms with Gasteiger partial charge >= 0.3 is 111 Å². The standard InChI is InChI=1S/C17H21B/c1-12(2)16-7-8-17(18-11-16)10-15-6-5-13(3)9-14(15)4/h5-9,11-12H,10H2,1-4H3. The van der Waals surface area contributed by atoms with E-state index in [2.05, 4.69) is 70.9 Å². The Kier molecular flexibility index (Phi) is 4.01. The van der Waals surface area contributed by atoms with Gasteiger partial charge in [-0.15, -0.1) is 0 Å². The molecule has 0 N–H and O–H groups in total. The van der Waals surface area contributed by atoms with Crippen molar-refractivity contribution in [1.29, 1.82) is 0 Å². The molecule has 0 aliphatic rings. The zero-order valence-corrected chi connectivity index (χ0v) is 11.8. The van der Waals surface area contributed by atoms with Gasteiger partial charge in [0.25, 0.3) is 0 Å². The molecular formula is C17H21B. The third-order valence-electron chi connectivity index (χ3n) is 3.54. The van der Waals surface area contributed by atoms with Crippen LogP contribution in [0.3, 0.4) is 0 Å². The molecule has 1 aromatic heterocycles. The predicted octanol–water partition coefficient (Wildman–Crippen LogP) is 4.36. The number of hydrogen-bond donors (Lipinski definition) is 0. The van der Waals surface area contributed by atoms with Gasteiger partial charge in [0.05, 0.1) is 0 Å². The van der Waals surface area contributed by atoms with Crippen LogP contribution in [0.2, 0.25) is 0 Å². The van der Waals surface area contributed by atoms with Crippen molar-refractivity contribution in [3.63, 3.8) is 0 Å². The van der Waals surface area contributed by atoms with Crippen LogP contribution in [0.15, 0.2) is 36.3 Å². The summed E-state index contributed by atoms with van der Waals surface area (Å²) in [5, 5.41) is 0. The van der Waals surface area contributed by atoms with Gasteiger partial charge in [0.2, 0.25) is 0 Å². The molecule has 0 fully saturated rings. The van der Waals surface area contributed by atoms with Crippen molar-refractivity contribution in [2.24, 2.45) is 0 Å². The summed E-state index contributed by atoms with van der Waals surface area (Å²) in [5.74, 6) is 2.86. The summed E-state index contributed by atoms with van der Waals surface area (Å²) in [5.41, 5.74) is 6.97. The summed E-state index contributed by atoms with van der Waals surface area (Å²) in [6, 6.07) is 11.2. The Balaban J connectivity index is 2.18. The summed E-state index contributed by atoms with van der Waals surface area (Å²) in [6.07, 6.45) is 1.03. The second-order valence-corrected chi connectivity index (χ2v) is 5.50. The molecule has 2 aromatic rings. The Morgan fingerprint density at radius 2 is 1.83 bits per heavy atom. The van der Waals surface area contributed by atoms with Crippen LogP contribution in [0.25, 0.3) is 0 Å². The summed E-state index contributed by atoms with van der Waals surface area (Å²) >= 11 is 0. The fraction of sp³-hybridized carbons (Fsp3) is 0.353. The molecular weight excluding hydrogens is 215 g/mol. The molecule has 1 aromatic carbocycles. The van der Waals surface area contributed by atoms with Gasteiger partial charge in [-0.05, 0) is 0 Å². The average molecular weight is 236 g/mol. The first-order chi connectivity index (χ1) is 8.56.